The van der Waals surface area contributed by atoms with Crippen LogP contribution < -0.4 is 11.1 Å². The van der Waals surface area contributed by atoms with Crippen LogP contribution in [0.4, 0.5) is 11.4 Å². The number of nitrogens with two attached hydrogens (primary N) is 1. The number of benzene rings is 1. The summed E-state index contributed by atoms with van der Waals surface area (Å²) in [5.74, 6) is -0.0947. The minimum Gasteiger partial charge on any atom is -0.397 e. The Kier molecular flexibility index (Phi) is 4.16. The van der Waals surface area contributed by atoms with Crippen LogP contribution in [0.1, 0.15) is 11.3 Å². The van der Waals surface area contributed by atoms with Crippen LogP contribution in [0.3, 0.4) is 0 Å². The van der Waals surface area contributed by atoms with Crippen LogP contribution >= 0.6 is 15.9 Å². The molecule has 0 bridgehead atoms. The van der Waals surface area contributed by atoms with Gasteiger partial charge in [0.05, 0.1) is 18.3 Å². The monoisotopic (exact) mass is 319 g/mol. The summed E-state index contributed by atoms with van der Waals surface area (Å²) in [4.78, 5) is 16.0. The van der Waals surface area contributed by atoms with E-state index in [0.29, 0.717) is 11.4 Å². The molecular weight excluding hydrogens is 306 g/mol. The third-order valence-electron chi connectivity index (χ3n) is 2.65. The predicted molar refractivity (Wildman–Crippen MR) is 79.9 cm³/mol. The van der Waals surface area contributed by atoms with Crippen molar-refractivity contribution in [3.05, 3.63) is 52.3 Å². The number of aromatic nitrogens is 1. The Bertz CT molecular complexity index is 596. The smallest absolute Gasteiger partial charge is 0.230 e. The largest absolute Gasteiger partial charge is 0.397 e. The van der Waals surface area contributed by atoms with E-state index < -0.39 is 0 Å². The third kappa shape index (κ3) is 3.79. The Morgan fingerprint density at radius 1 is 1.37 bits per heavy atom. The highest BCUT2D eigenvalue weighted by molar-refractivity contribution is 9.10. The van der Waals surface area contributed by atoms with E-state index in [1.54, 1.807) is 18.3 Å². The normalized spacial score (nSPS) is 10.2. The zero-order valence-electron chi connectivity index (χ0n) is 10.5. The van der Waals surface area contributed by atoms with Gasteiger partial charge >= 0.3 is 0 Å². The van der Waals surface area contributed by atoms with Gasteiger partial charge in [0.25, 0.3) is 0 Å². The van der Waals surface area contributed by atoms with Crippen molar-refractivity contribution >= 4 is 33.2 Å². The Hall–Kier alpha value is -1.88. The van der Waals surface area contributed by atoms with Crippen molar-refractivity contribution in [2.24, 2.45) is 0 Å². The molecule has 5 heteroatoms. The molecule has 0 saturated heterocycles. The van der Waals surface area contributed by atoms with Gasteiger partial charge in [0.15, 0.2) is 0 Å². The molecule has 2 rings (SSSR count). The minimum atomic E-state index is -0.0947. The predicted octanol–water partition coefficient (Wildman–Crippen LogP) is 2.92. The van der Waals surface area contributed by atoms with E-state index in [1.165, 1.54) is 0 Å². The molecule has 0 fully saturated rings. The van der Waals surface area contributed by atoms with Crippen LogP contribution in [-0.2, 0) is 11.2 Å². The molecule has 19 heavy (non-hydrogen) atoms. The molecule has 98 valence electrons. The van der Waals surface area contributed by atoms with E-state index in [-0.39, 0.29) is 12.3 Å². The van der Waals surface area contributed by atoms with Crippen LogP contribution in [0, 0.1) is 6.92 Å². The number of anilines is 2. The molecule has 0 aliphatic carbocycles. The number of carbonyl (C=O) groups excluding carboxylic acids is 1. The molecule has 2 aromatic rings. The van der Waals surface area contributed by atoms with Gasteiger partial charge in [0.1, 0.15) is 0 Å². The number of amides is 1. The Labute approximate surface area is 120 Å². The number of rotatable bonds is 3. The average molecular weight is 320 g/mol. The molecule has 0 aliphatic heterocycles. The first-order chi connectivity index (χ1) is 9.04. The molecule has 0 aliphatic rings. The second kappa shape index (κ2) is 5.84. The molecule has 4 nitrogen and oxygen atoms in total. The van der Waals surface area contributed by atoms with E-state index in [1.807, 2.05) is 25.1 Å². The second-order valence-electron chi connectivity index (χ2n) is 4.27. The van der Waals surface area contributed by atoms with Crippen molar-refractivity contribution < 1.29 is 4.79 Å². The van der Waals surface area contributed by atoms with Crippen molar-refractivity contribution in [2.75, 3.05) is 11.1 Å². The maximum absolute atomic E-state index is 11.9. The van der Waals surface area contributed by atoms with Gasteiger partial charge in [-0.2, -0.15) is 0 Å². The van der Waals surface area contributed by atoms with Crippen molar-refractivity contribution in [3.8, 4) is 0 Å². The van der Waals surface area contributed by atoms with Gasteiger partial charge in [-0.05, 0) is 42.8 Å². The van der Waals surface area contributed by atoms with Crippen molar-refractivity contribution in [1.82, 2.24) is 4.98 Å². The fourth-order valence-corrected chi connectivity index (χ4v) is 2.14. The Morgan fingerprint density at radius 2 is 2.16 bits per heavy atom. The summed E-state index contributed by atoms with van der Waals surface area (Å²) in [7, 11) is 0. The van der Waals surface area contributed by atoms with Crippen molar-refractivity contribution in [3.63, 3.8) is 0 Å². The molecular formula is C14H14BrN3O. The first kappa shape index (κ1) is 13.5. The average Bonchev–Trinajstić information content (AvgIpc) is 2.36. The summed E-state index contributed by atoms with van der Waals surface area (Å²) < 4.78 is 0.989. The van der Waals surface area contributed by atoms with E-state index in [0.717, 1.165) is 15.7 Å². The topological polar surface area (TPSA) is 68.0 Å². The zero-order valence-corrected chi connectivity index (χ0v) is 12.1. The lowest BCUT2D eigenvalue weighted by Gasteiger charge is -2.08. The van der Waals surface area contributed by atoms with Crippen LogP contribution in [0.25, 0.3) is 0 Å². The highest BCUT2D eigenvalue weighted by Gasteiger charge is 2.07. The number of hydrogen-bond donors (Lipinski definition) is 2. The van der Waals surface area contributed by atoms with Gasteiger partial charge in [-0.15, -0.1) is 0 Å². The molecule has 0 radical (unpaired) electrons. The standard InChI is InChI=1S/C14H14BrN3O/c1-9-6-10(15)2-5-13(9)18-14(19)7-12-4-3-11(16)8-17-12/h2-6,8H,7,16H2,1H3,(H,18,19). The van der Waals surface area contributed by atoms with E-state index in [4.69, 9.17) is 5.73 Å². The highest BCUT2D eigenvalue weighted by atomic mass is 79.9. The minimum absolute atomic E-state index is 0.0947. The van der Waals surface area contributed by atoms with Crippen LogP contribution in [0.15, 0.2) is 41.0 Å². The number of carbonyl (C=O) groups is 1. The van der Waals surface area contributed by atoms with Crippen molar-refractivity contribution in [2.45, 2.75) is 13.3 Å². The summed E-state index contributed by atoms with van der Waals surface area (Å²) in [6, 6.07) is 9.21. The SMILES string of the molecule is Cc1cc(Br)ccc1NC(=O)Cc1ccc(N)cn1. The Balaban J connectivity index is 2.03. The zero-order chi connectivity index (χ0) is 13.8. The summed E-state index contributed by atoms with van der Waals surface area (Å²) >= 11 is 3.39. The molecule has 0 spiro atoms. The van der Waals surface area contributed by atoms with Crippen LogP contribution in [-0.4, -0.2) is 10.9 Å². The molecule has 1 aromatic heterocycles. The summed E-state index contributed by atoms with van der Waals surface area (Å²) in [5.41, 5.74) is 8.65. The number of halogens is 1. The summed E-state index contributed by atoms with van der Waals surface area (Å²) in [6.07, 6.45) is 1.78. The summed E-state index contributed by atoms with van der Waals surface area (Å²) in [5, 5.41) is 2.87. The van der Waals surface area contributed by atoms with E-state index in [9.17, 15) is 4.79 Å². The van der Waals surface area contributed by atoms with Crippen LogP contribution in [0.5, 0.6) is 0 Å². The van der Waals surface area contributed by atoms with Gasteiger partial charge in [-0.3, -0.25) is 9.78 Å². The molecule has 1 aromatic carbocycles. The molecule has 3 N–H and O–H groups in total. The van der Waals surface area contributed by atoms with Crippen LogP contribution in [0.2, 0.25) is 0 Å². The molecule has 1 amide bonds. The van der Waals surface area contributed by atoms with Gasteiger partial charge in [-0.1, -0.05) is 15.9 Å². The number of nitrogens with one attached hydrogen (secondary N) is 1. The maximum Gasteiger partial charge on any atom is 0.230 e. The third-order valence-corrected chi connectivity index (χ3v) is 3.15. The number of nitrogen functional groups attached to an aromatic ring is 1. The molecule has 0 atom stereocenters. The Morgan fingerprint density at radius 3 is 2.79 bits per heavy atom. The number of hydrogen-bond acceptors (Lipinski definition) is 3. The maximum atomic E-state index is 11.9. The lowest BCUT2D eigenvalue weighted by Crippen LogP contribution is -2.15. The van der Waals surface area contributed by atoms with E-state index >= 15 is 0 Å². The lowest BCUT2D eigenvalue weighted by molar-refractivity contribution is -0.115. The first-order valence-electron chi connectivity index (χ1n) is 5.81. The van der Waals surface area contributed by atoms with Gasteiger partial charge < -0.3 is 11.1 Å². The van der Waals surface area contributed by atoms with Gasteiger partial charge in [0.2, 0.25) is 5.91 Å². The number of pyridine rings is 1. The fourth-order valence-electron chi connectivity index (χ4n) is 1.67. The number of aryl methyl sites for hydroxylation is 1. The molecule has 1 heterocycles. The van der Waals surface area contributed by atoms with Gasteiger partial charge in [0, 0.05) is 15.9 Å². The second-order valence-corrected chi connectivity index (χ2v) is 5.18. The quantitative estimate of drug-likeness (QED) is 0.914. The van der Waals surface area contributed by atoms with E-state index in [2.05, 4.69) is 26.2 Å². The van der Waals surface area contributed by atoms with Crippen molar-refractivity contribution in [1.29, 1.82) is 0 Å². The highest BCUT2D eigenvalue weighted by Crippen LogP contribution is 2.20. The van der Waals surface area contributed by atoms with Gasteiger partial charge in [-0.25, -0.2) is 0 Å². The molecule has 0 unspecified atom stereocenters. The lowest BCUT2D eigenvalue weighted by atomic mass is 10.2. The fraction of sp³-hybridized carbons (Fsp3) is 0.143. The number of nitrogens with zero attached hydrogens (tertiary/aromatic N) is 1. The molecule has 0 saturated carbocycles. The summed E-state index contributed by atoms with van der Waals surface area (Å²) in [6.45, 7) is 1.95. The first-order valence-corrected chi connectivity index (χ1v) is 6.60.